The fraction of sp³-hybridized carbons (Fsp3) is 0.393. The Kier molecular flexibility index (Phi) is 7.67. The highest BCUT2D eigenvalue weighted by atomic mass is 32.1. The molecular formula is C28H33N3O3S. The summed E-state index contributed by atoms with van der Waals surface area (Å²) in [5.74, 6) is -0.411. The molecular weight excluding hydrogens is 458 g/mol. The molecule has 0 saturated heterocycles. The molecule has 2 atom stereocenters. The van der Waals surface area contributed by atoms with E-state index in [4.69, 9.17) is 4.74 Å². The van der Waals surface area contributed by atoms with E-state index in [1.165, 1.54) is 11.3 Å². The maximum Gasteiger partial charge on any atom is 0.263 e. The molecule has 0 spiro atoms. The van der Waals surface area contributed by atoms with Gasteiger partial charge in [-0.05, 0) is 54.9 Å². The average molecular weight is 492 g/mol. The predicted molar refractivity (Wildman–Crippen MR) is 140 cm³/mol. The maximum absolute atomic E-state index is 13.0. The van der Waals surface area contributed by atoms with Crippen molar-refractivity contribution in [2.75, 3.05) is 5.32 Å². The number of thiazole rings is 1. The molecule has 2 N–H and O–H groups in total. The molecule has 0 unspecified atom stereocenters. The summed E-state index contributed by atoms with van der Waals surface area (Å²) < 4.78 is 6.12. The second-order valence-corrected chi connectivity index (χ2v) is 11.1. The highest BCUT2D eigenvalue weighted by Crippen LogP contribution is 2.27. The topological polar surface area (TPSA) is 80.3 Å². The summed E-state index contributed by atoms with van der Waals surface area (Å²) >= 11 is 1.20. The Morgan fingerprint density at radius 3 is 2.43 bits per heavy atom. The number of hydrogen-bond donors (Lipinski definition) is 2. The molecule has 1 aliphatic carbocycles. The van der Waals surface area contributed by atoms with Gasteiger partial charge in [0.1, 0.15) is 4.88 Å². The van der Waals surface area contributed by atoms with Crippen LogP contribution in [0, 0.1) is 6.92 Å². The van der Waals surface area contributed by atoms with Gasteiger partial charge in [0.2, 0.25) is 0 Å². The lowest BCUT2D eigenvalue weighted by molar-refractivity contribution is 0.0272. The highest BCUT2D eigenvalue weighted by molar-refractivity contribution is 7.17. The standard InChI is InChI=1S/C28H33N3O3S/c1-18-24(26(33)30-22-11-8-12-23(22)34-17-19-9-6-5-7-10-19)35-27(29-18)31-25(32)20-13-15-21(16-14-20)28(2,3)4/h5-7,9-10,13-16,22-23H,8,11-12,17H2,1-4H3,(H,30,33)(H,29,31,32)/t22-,23-/m0/s1. The first-order valence-electron chi connectivity index (χ1n) is 12.1. The van der Waals surface area contributed by atoms with Gasteiger partial charge in [0.05, 0.1) is 24.4 Å². The summed E-state index contributed by atoms with van der Waals surface area (Å²) in [6, 6.07) is 17.6. The normalized spacial score (nSPS) is 17.8. The van der Waals surface area contributed by atoms with Crippen LogP contribution >= 0.6 is 11.3 Å². The minimum atomic E-state index is -0.240. The third kappa shape index (κ3) is 6.35. The average Bonchev–Trinajstić information content (AvgIpc) is 3.43. The molecule has 0 radical (unpaired) electrons. The van der Waals surface area contributed by atoms with E-state index in [1.54, 1.807) is 6.92 Å². The zero-order valence-corrected chi connectivity index (χ0v) is 21.6. The summed E-state index contributed by atoms with van der Waals surface area (Å²) in [6.07, 6.45) is 2.82. The molecule has 3 aromatic rings. The Balaban J connectivity index is 1.36. The Morgan fingerprint density at radius 1 is 1.03 bits per heavy atom. The van der Waals surface area contributed by atoms with Crippen molar-refractivity contribution < 1.29 is 14.3 Å². The van der Waals surface area contributed by atoms with Gasteiger partial charge in [-0.15, -0.1) is 0 Å². The molecule has 1 saturated carbocycles. The molecule has 0 bridgehead atoms. The molecule has 6 nitrogen and oxygen atoms in total. The molecule has 35 heavy (non-hydrogen) atoms. The lowest BCUT2D eigenvalue weighted by Gasteiger charge is -2.21. The smallest absolute Gasteiger partial charge is 0.263 e. The van der Waals surface area contributed by atoms with E-state index in [1.807, 2.05) is 54.6 Å². The van der Waals surface area contributed by atoms with E-state index >= 15 is 0 Å². The number of anilines is 1. The Labute approximate surface area is 211 Å². The zero-order valence-electron chi connectivity index (χ0n) is 20.8. The Bertz CT molecular complexity index is 1170. The Morgan fingerprint density at radius 2 is 1.74 bits per heavy atom. The first-order chi connectivity index (χ1) is 16.7. The van der Waals surface area contributed by atoms with Crippen molar-refractivity contribution in [3.8, 4) is 0 Å². The second kappa shape index (κ2) is 10.7. The zero-order chi connectivity index (χ0) is 25.0. The first kappa shape index (κ1) is 25.1. The number of nitrogens with one attached hydrogen (secondary N) is 2. The lowest BCUT2D eigenvalue weighted by atomic mass is 9.87. The molecule has 0 aliphatic heterocycles. The summed E-state index contributed by atoms with van der Waals surface area (Å²) in [5.41, 5.74) is 3.47. The van der Waals surface area contributed by atoms with E-state index in [0.717, 1.165) is 30.4 Å². The van der Waals surface area contributed by atoms with Gasteiger partial charge in [0.25, 0.3) is 11.8 Å². The number of carbonyl (C=O) groups excluding carboxylic acids is 2. The van der Waals surface area contributed by atoms with Crippen molar-refractivity contribution in [2.45, 2.75) is 71.1 Å². The molecule has 2 aromatic carbocycles. The van der Waals surface area contributed by atoms with E-state index in [0.29, 0.717) is 27.9 Å². The van der Waals surface area contributed by atoms with Gasteiger partial charge in [-0.3, -0.25) is 14.9 Å². The first-order valence-corrected chi connectivity index (χ1v) is 12.9. The van der Waals surface area contributed by atoms with Gasteiger partial charge in [-0.25, -0.2) is 4.98 Å². The number of hydrogen-bond acceptors (Lipinski definition) is 5. The molecule has 1 aromatic heterocycles. The Hall–Kier alpha value is -3.03. The van der Waals surface area contributed by atoms with Crippen LogP contribution in [0.5, 0.6) is 0 Å². The SMILES string of the molecule is Cc1nc(NC(=O)c2ccc(C(C)(C)C)cc2)sc1C(=O)N[C@H]1CCC[C@@H]1OCc1ccccc1. The van der Waals surface area contributed by atoms with Crippen LogP contribution in [-0.2, 0) is 16.8 Å². The predicted octanol–water partition coefficient (Wildman–Crippen LogP) is 5.87. The van der Waals surface area contributed by atoms with E-state index in [2.05, 4.69) is 36.4 Å². The second-order valence-electron chi connectivity index (χ2n) is 10.1. The fourth-order valence-electron chi connectivity index (χ4n) is 4.25. The number of aromatic nitrogens is 1. The van der Waals surface area contributed by atoms with Crippen molar-refractivity contribution in [1.82, 2.24) is 10.3 Å². The van der Waals surface area contributed by atoms with Gasteiger partial charge >= 0.3 is 0 Å². The summed E-state index contributed by atoms with van der Waals surface area (Å²) in [7, 11) is 0. The lowest BCUT2D eigenvalue weighted by Crippen LogP contribution is -2.41. The minimum absolute atomic E-state index is 0.0115. The van der Waals surface area contributed by atoms with Crippen molar-refractivity contribution >= 4 is 28.3 Å². The number of carbonyl (C=O) groups is 2. The quantitative estimate of drug-likeness (QED) is 0.433. The van der Waals surface area contributed by atoms with Crippen molar-refractivity contribution in [3.05, 3.63) is 81.9 Å². The summed E-state index contributed by atoms with van der Waals surface area (Å²) in [5, 5.41) is 6.39. The summed E-state index contributed by atoms with van der Waals surface area (Å²) in [6.45, 7) is 8.73. The number of nitrogens with zero attached hydrogens (tertiary/aromatic N) is 1. The number of ether oxygens (including phenoxy) is 1. The largest absolute Gasteiger partial charge is 0.371 e. The van der Waals surface area contributed by atoms with Crippen LogP contribution in [0.25, 0.3) is 0 Å². The molecule has 7 heteroatoms. The maximum atomic E-state index is 13.0. The number of benzene rings is 2. The van der Waals surface area contributed by atoms with Crippen LogP contribution in [0.1, 0.15) is 76.9 Å². The monoisotopic (exact) mass is 491 g/mol. The van der Waals surface area contributed by atoms with Gasteiger partial charge in [0.15, 0.2) is 5.13 Å². The van der Waals surface area contributed by atoms with Crippen LogP contribution in [0.4, 0.5) is 5.13 Å². The van der Waals surface area contributed by atoms with Crippen molar-refractivity contribution in [3.63, 3.8) is 0 Å². The van der Waals surface area contributed by atoms with Gasteiger partial charge in [0, 0.05) is 5.56 Å². The molecule has 4 rings (SSSR count). The molecule has 184 valence electrons. The van der Waals surface area contributed by atoms with Crippen LogP contribution < -0.4 is 10.6 Å². The number of aryl methyl sites for hydroxylation is 1. The molecule has 2 amide bonds. The third-order valence-corrected chi connectivity index (χ3v) is 7.38. The van der Waals surface area contributed by atoms with Crippen LogP contribution in [-0.4, -0.2) is 28.9 Å². The number of amides is 2. The van der Waals surface area contributed by atoms with Crippen molar-refractivity contribution in [1.29, 1.82) is 0 Å². The van der Waals surface area contributed by atoms with Gasteiger partial charge < -0.3 is 10.1 Å². The highest BCUT2D eigenvalue weighted by Gasteiger charge is 2.30. The van der Waals surface area contributed by atoms with Crippen molar-refractivity contribution in [2.24, 2.45) is 0 Å². The van der Waals surface area contributed by atoms with Crippen LogP contribution in [0.3, 0.4) is 0 Å². The fourth-order valence-corrected chi connectivity index (χ4v) is 5.12. The molecule has 1 aliphatic rings. The summed E-state index contributed by atoms with van der Waals surface area (Å²) in [4.78, 5) is 30.7. The third-order valence-electron chi connectivity index (χ3n) is 6.31. The van der Waals surface area contributed by atoms with Gasteiger partial charge in [-0.2, -0.15) is 0 Å². The van der Waals surface area contributed by atoms with E-state index in [-0.39, 0.29) is 29.4 Å². The molecule has 1 heterocycles. The van der Waals surface area contributed by atoms with Crippen LogP contribution in [0.15, 0.2) is 54.6 Å². The number of rotatable bonds is 7. The van der Waals surface area contributed by atoms with Crippen LogP contribution in [0.2, 0.25) is 0 Å². The minimum Gasteiger partial charge on any atom is -0.371 e. The van der Waals surface area contributed by atoms with Gasteiger partial charge in [-0.1, -0.05) is 74.6 Å². The van der Waals surface area contributed by atoms with E-state index < -0.39 is 0 Å². The van der Waals surface area contributed by atoms with E-state index in [9.17, 15) is 9.59 Å². The molecule has 1 fully saturated rings.